The number of carbonyl (C=O) groups is 2. The van der Waals surface area contributed by atoms with Crippen molar-refractivity contribution >= 4 is 11.8 Å². The maximum absolute atomic E-state index is 12.6. The maximum atomic E-state index is 12.6. The highest BCUT2D eigenvalue weighted by Crippen LogP contribution is 2.23. The van der Waals surface area contributed by atoms with Crippen molar-refractivity contribution in [3.05, 3.63) is 30.1 Å². The molecule has 7 nitrogen and oxygen atoms in total. The molecule has 0 aliphatic carbocycles. The SMILES string of the molecule is CC(=O)N1CCOCC2(C1)CN(C(=O)c1ccccn1)CCO2. The van der Waals surface area contributed by atoms with Crippen LogP contribution in [0, 0.1) is 0 Å². The summed E-state index contributed by atoms with van der Waals surface area (Å²) < 4.78 is 11.6. The van der Waals surface area contributed by atoms with Gasteiger partial charge in [-0.1, -0.05) is 6.07 Å². The molecule has 0 radical (unpaired) electrons. The fourth-order valence-electron chi connectivity index (χ4n) is 3.03. The Balaban J connectivity index is 1.76. The van der Waals surface area contributed by atoms with Crippen LogP contribution < -0.4 is 0 Å². The van der Waals surface area contributed by atoms with Crippen molar-refractivity contribution in [3.8, 4) is 0 Å². The smallest absolute Gasteiger partial charge is 0.272 e. The first-order chi connectivity index (χ1) is 11.1. The summed E-state index contributed by atoms with van der Waals surface area (Å²) in [6, 6.07) is 5.28. The van der Waals surface area contributed by atoms with Gasteiger partial charge in [0.2, 0.25) is 5.91 Å². The van der Waals surface area contributed by atoms with Crippen LogP contribution in [0.3, 0.4) is 0 Å². The third kappa shape index (κ3) is 3.51. The van der Waals surface area contributed by atoms with Crippen molar-refractivity contribution in [2.75, 3.05) is 46.0 Å². The van der Waals surface area contributed by atoms with Crippen LogP contribution in [0.2, 0.25) is 0 Å². The number of carbonyl (C=O) groups excluding carboxylic acids is 2. The summed E-state index contributed by atoms with van der Waals surface area (Å²) in [4.78, 5) is 31.9. The Morgan fingerprint density at radius 1 is 1.17 bits per heavy atom. The third-order valence-corrected chi connectivity index (χ3v) is 4.21. The summed E-state index contributed by atoms with van der Waals surface area (Å²) in [5.41, 5.74) is -0.243. The standard InChI is InChI=1S/C16H21N3O4/c1-13(20)18-6-8-22-12-16(10-18)11-19(7-9-23-16)15(21)14-4-2-3-5-17-14/h2-5H,6-12H2,1H3. The molecule has 23 heavy (non-hydrogen) atoms. The van der Waals surface area contributed by atoms with Gasteiger partial charge in [0, 0.05) is 26.2 Å². The van der Waals surface area contributed by atoms with Crippen molar-refractivity contribution in [2.24, 2.45) is 0 Å². The Labute approximate surface area is 135 Å². The lowest BCUT2D eigenvalue weighted by Gasteiger charge is -2.43. The molecule has 0 saturated carbocycles. The Morgan fingerprint density at radius 3 is 2.70 bits per heavy atom. The molecule has 7 heteroatoms. The van der Waals surface area contributed by atoms with Gasteiger partial charge in [0.25, 0.3) is 5.91 Å². The number of aromatic nitrogens is 1. The molecule has 1 unspecified atom stereocenters. The van der Waals surface area contributed by atoms with E-state index in [1.165, 1.54) is 0 Å². The molecule has 124 valence electrons. The number of amides is 2. The normalized spacial score (nSPS) is 25.3. The van der Waals surface area contributed by atoms with E-state index in [-0.39, 0.29) is 11.8 Å². The second-order valence-corrected chi connectivity index (χ2v) is 5.97. The van der Waals surface area contributed by atoms with Crippen LogP contribution in [0.15, 0.2) is 24.4 Å². The molecule has 1 aromatic heterocycles. The van der Waals surface area contributed by atoms with E-state index in [0.717, 1.165) is 0 Å². The molecule has 0 N–H and O–H groups in total. The van der Waals surface area contributed by atoms with E-state index in [4.69, 9.17) is 9.47 Å². The molecule has 1 spiro atoms. The lowest BCUT2D eigenvalue weighted by Crippen LogP contribution is -2.60. The van der Waals surface area contributed by atoms with E-state index in [9.17, 15) is 9.59 Å². The highest BCUT2D eigenvalue weighted by Gasteiger charge is 2.42. The second-order valence-electron chi connectivity index (χ2n) is 5.97. The van der Waals surface area contributed by atoms with Gasteiger partial charge in [-0.2, -0.15) is 0 Å². The van der Waals surface area contributed by atoms with Crippen molar-refractivity contribution in [2.45, 2.75) is 12.5 Å². The minimum Gasteiger partial charge on any atom is -0.376 e. The lowest BCUT2D eigenvalue weighted by molar-refractivity contribution is -0.145. The number of pyridine rings is 1. The molecular formula is C16H21N3O4. The molecule has 0 aromatic carbocycles. The van der Waals surface area contributed by atoms with Gasteiger partial charge >= 0.3 is 0 Å². The van der Waals surface area contributed by atoms with Gasteiger partial charge in [0.15, 0.2) is 0 Å². The lowest BCUT2D eigenvalue weighted by atomic mass is 10.0. The minimum atomic E-state index is -0.662. The fourth-order valence-corrected chi connectivity index (χ4v) is 3.03. The Hall–Kier alpha value is -1.99. The zero-order valence-electron chi connectivity index (χ0n) is 13.2. The number of hydrogen-bond acceptors (Lipinski definition) is 5. The highest BCUT2D eigenvalue weighted by molar-refractivity contribution is 5.92. The number of morpholine rings is 1. The zero-order valence-corrected chi connectivity index (χ0v) is 13.2. The van der Waals surface area contributed by atoms with Gasteiger partial charge in [0.05, 0.1) is 32.9 Å². The fraction of sp³-hybridized carbons (Fsp3) is 0.562. The molecule has 2 aliphatic rings. The molecule has 3 rings (SSSR count). The summed E-state index contributed by atoms with van der Waals surface area (Å²) in [5.74, 6) is -0.126. The van der Waals surface area contributed by atoms with Crippen LogP contribution in [0.4, 0.5) is 0 Å². The van der Waals surface area contributed by atoms with Crippen molar-refractivity contribution < 1.29 is 19.1 Å². The van der Waals surface area contributed by atoms with Crippen LogP contribution in [-0.4, -0.2) is 78.2 Å². The molecule has 2 saturated heterocycles. The van der Waals surface area contributed by atoms with Crippen LogP contribution in [0.5, 0.6) is 0 Å². The first kappa shape index (κ1) is 15.9. The molecule has 2 aliphatic heterocycles. The van der Waals surface area contributed by atoms with Crippen molar-refractivity contribution in [1.29, 1.82) is 0 Å². The molecule has 2 amide bonds. The zero-order chi connectivity index (χ0) is 16.3. The number of nitrogens with zero attached hydrogens (tertiary/aromatic N) is 3. The van der Waals surface area contributed by atoms with Gasteiger partial charge in [0.1, 0.15) is 11.3 Å². The number of rotatable bonds is 1. The summed E-state index contributed by atoms with van der Waals surface area (Å²) in [6.45, 7) is 4.72. The first-order valence-corrected chi connectivity index (χ1v) is 7.77. The third-order valence-electron chi connectivity index (χ3n) is 4.21. The molecule has 3 heterocycles. The van der Waals surface area contributed by atoms with E-state index < -0.39 is 5.60 Å². The summed E-state index contributed by atoms with van der Waals surface area (Å²) in [6.07, 6.45) is 1.61. The minimum absolute atomic E-state index is 0.00773. The molecular weight excluding hydrogens is 298 g/mol. The van der Waals surface area contributed by atoms with E-state index in [1.54, 1.807) is 41.1 Å². The first-order valence-electron chi connectivity index (χ1n) is 7.77. The van der Waals surface area contributed by atoms with Gasteiger partial charge in [-0.25, -0.2) is 0 Å². The summed E-state index contributed by atoms with van der Waals surface area (Å²) in [7, 11) is 0. The number of hydrogen-bond donors (Lipinski definition) is 0. The van der Waals surface area contributed by atoms with Gasteiger partial charge in [-0.05, 0) is 12.1 Å². The van der Waals surface area contributed by atoms with Crippen LogP contribution in [0.1, 0.15) is 17.4 Å². The molecule has 1 atom stereocenters. The topological polar surface area (TPSA) is 72.0 Å². The summed E-state index contributed by atoms with van der Waals surface area (Å²) in [5, 5.41) is 0. The second kappa shape index (κ2) is 6.64. The number of ether oxygens (including phenoxy) is 2. The van der Waals surface area contributed by atoms with E-state index in [1.807, 2.05) is 0 Å². The average Bonchev–Trinajstić information content (AvgIpc) is 2.78. The van der Waals surface area contributed by atoms with E-state index in [0.29, 0.717) is 51.7 Å². The van der Waals surface area contributed by atoms with Crippen LogP contribution in [0.25, 0.3) is 0 Å². The maximum Gasteiger partial charge on any atom is 0.272 e. The molecule has 2 fully saturated rings. The molecule has 0 bridgehead atoms. The van der Waals surface area contributed by atoms with Gasteiger partial charge in [-0.3, -0.25) is 14.6 Å². The Bertz CT molecular complexity index is 580. The van der Waals surface area contributed by atoms with Crippen molar-refractivity contribution in [3.63, 3.8) is 0 Å². The monoisotopic (exact) mass is 319 g/mol. The quantitative estimate of drug-likeness (QED) is 0.738. The average molecular weight is 319 g/mol. The van der Waals surface area contributed by atoms with Gasteiger partial charge in [-0.15, -0.1) is 0 Å². The largest absolute Gasteiger partial charge is 0.376 e. The Morgan fingerprint density at radius 2 is 1.96 bits per heavy atom. The highest BCUT2D eigenvalue weighted by atomic mass is 16.5. The van der Waals surface area contributed by atoms with Crippen molar-refractivity contribution in [1.82, 2.24) is 14.8 Å². The van der Waals surface area contributed by atoms with E-state index in [2.05, 4.69) is 4.98 Å². The van der Waals surface area contributed by atoms with E-state index >= 15 is 0 Å². The predicted molar refractivity (Wildman–Crippen MR) is 81.9 cm³/mol. The van der Waals surface area contributed by atoms with Crippen LogP contribution >= 0.6 is 0 Å². The molecule has 1 aromatic rings. The predicted octanol–water partition coefficient (Wildman–Crippen LogP) is 0.172. The van der Waals surface area contributed by atoms with Crippen LogP contribution in [-0.2, 0) is 14.3 Å². The van der Waals surface area contributed by atoms with Gasteiger partial charge < -0.3 is 19.3 Å². The summed E-state index contributed by atoms with van der Waals surface area (Å²) >= 11 is 0. The Kier molecular flexibility index (Phi) is 4.58.